The van der Waals surface area contributed by atoms with Crippen molar-refractivity contribution in [3.63, 3.8) is 0 Å². The van der Waals surface area contributed by atoms with Crippen LogP contribution in [0.2, 0.25) is 0 Å². The molecule has 0 aliphatic rings. The Morgan fingerprint density at radius 3 is 2.35 bits per heavy atom. The van der Waals surface area contributed by atoms with Crippen molar-refractivity contribution in [1.82, 2.24) is 15.2 Å². The molecular formula is C17H25N3. The predicted molar refractivity (Wildman–Crippen MR) is 83.5 cm³/mol. The molecule has 0 aliphatic heterocycles. The first-order chi connectivity index (χ1) is 9.90. The van der Waals surface area contributed by atoms with Gasteiger partial charge in [0.25, 0.3) is 0 Å². The topological polar surface area (TPSA) is 41.6 Å². The fraction of sp³-hybridized carbons (Fsp3) is 0.529. The van der Waals surface area contributed by atoms with Crippen LogP contribution in [0.1, 0.15) is 57.7 Å². The highest BCUT2D eigenvalue weighted by atomic mass is 15.2. The van der Waals surface area contributed by atoms with Crippen LogP contribution < -0.4 is 0 Å². The van der Waals surface area contributed by atoms with Gasteiger partial charge in [0.1, 0.15) is 5.82 Å². The number of aryl methyl sites for hydroxylation is 1. The molecule has 0 unspecified atom stereocenters. The largest absolute Gasteiger partial charge is 0.263 e. The van der Waals surface area contributed by atoms with Crippen molar-refractivity contribution in [1.29, 1.82) is 0 Å². The second-order valence-electron chi connectivity index (χ2n) is 5.34. The zero-order chi connectivity index (χ0) is 14.0. The molecule has 20 heavy (non-hydrogen) atoms. The Kier molecular flexibility index (Phi) is 6.28. The average Bonchev–Trinajstić information content (AvgIpc) is 2.96. The van der Waals surface area contributed by atoms with E-state index in [9.17, 15) is 0 Å². The first-order valence-corrected chi connectivity index (χ1v) is 7.87. The molecule has 2 aromatic rings. The van der Waals surface area contributed by atoms with Crippen LogP contribution in [0.25, 0.3) is 11.4 Å². The van der Waals surface area contributed by atoms with Crippen molar-refractivity contribution in [2.45, 2.75) is 58.3 Å². The summed E-state index contributed by atoms with van der Waals surface area (Å²) in [5, 5.41) is 7.34. The van der Waals surface area contributed by atoms with Crippen molar-refractivity contribution in [2.75, 3.05) is 0 Å². The highest BCUT2D eigenvalue weighted by molar-refractivity contribution is 5.53. The molecule has 1 aromatic carbocycles. The van der Waals surface area contributed by atoms with E-state index in [0.29, 0.717) is 0 Å². The van der Waals surface area contributed by atoms with Gasteiger partial charge >= 0.3 is 0 Å². The minimum atomic E-state index is 0.809. The molecule has 0 radical (unpaired) electrons. The van der Waals surface area contributed by atoms with E-state index in [-0.39, 0.29) is 0 Å². The number of aromatic nitrogens is 3. The third kappa shape index (κ3) is 4.80. The molecule has 0 saturated carbocycles. The minimum absolute atomic E-state index is 0.809. The first kappa shape index (κ1) is 14.8. The average molecular weight is 271 g/mol. The van der Waals surface area contributed by atoms with Gasteiger partial charge in [-0.2, -0.15) is 5.10 Å². The van der Waals surface area contributed by atoms with Crippen LogP contribution in [0.3, 0.4) is 0 Å². The Morgan fingerprint density at radius 1 is 0.900 bits per heavy atom. The van der Waals surface area contributed by atoms with Crippen LogP contribution in [0.4, 0.5) is 0 Å². The van der Waals surface area contributed by atoms with E-state index in [0.717, 1.165) is 23.6 Å². The highest BCUT2D eigenvalue weighted by Crippen LogP contribution is 2.14. The molecule has 0 bridgehead atoms. The summed E-state index contributed by atoms with van der Waals surface area (Å²) in [6.45, 7) is 2.26. The quantitative estimate of drug-likeness (QED) is 0.668. The summed E-state index contributed by atoms with van der Waals surface area (Å²) in [5.74, 6) is 1.82. The Bertz CT molecular complexity index is 476. The molecule has 0 atom stereocenters. The lowest BCUT2D eigenvalue weighted by atomic mass is 10.1. The first-order valence-electron chi connectivity index (χ1n) is 7.87. The van der Waals surface area contributed by atoms with Gasteiger partial charge in [0.05, 0.1) is 0 Å². The van der Waals surface area contributed by atoms with E-state index in [4.69, 9.17) is 0 Å². The van der Waals surface area contributed by atoms with Crippen LogP contribution in [0.5, 0.6) is 0 Å². The van der Waals surface area contributed by atoms with Crippen molar-refractivity contribution in [3.8, 4) is 11.4 Å². The summed E-state index contributed by atoms with van der Waals surface area (Å²) >= 11 is 0. The molecule has 2 rings (SSSR count). The fourth-order valence-corrected chi connectivity index (χ4v) is 2.37. The van der Waals surface area contributed by atoms with Crippen LogP contribution in [-0.2, 0) is 6.42 Å². The molecule has 1 heterocycles. The van der Waals surface area contributed by atoms with Gasteiger partial charge < -0.3 is 0 Å². The number of unbranched alkanes of at least 4 members (excludes halogenated alkanes) is 6. The molecule has 0 fully saturated rings. The monoisotopic (exact) mass is 271 g/mol. The van der Waals surface area contributed by atoms with Crippen molar-refractivity contribution >= 4 is 0 Å². The van der Waals surface area contributed by atoms with Crippen molar-refractivity contribution < 1.29 is 0 Å². The van der Waals surface area contributed by atoms with Gasteiger partial charge in [-0.15, -0.1) is 0 Å². The second kappa shape index (κ2) is 8.51. The predicted octanol–water partition coefficient (Wildman–Crippen LogP) is 4.76. The normalized spacial score (nSPS) is 10.8. The number of nitrogens with one attached hydrogen (secondary N) is 1. The standard InChI is InChI=1S/C17H25N3/c1-2-3-4-5-6-7-11-14-16-18-17(20-19-16)15-12-9-8-10-13-15/h8-10,12-13H,2-7,11,14H2,1H3,(H,18,19,20). The Hall–Kier alpha value is -1.64. The Morgan fingerprint density at radius 2 is 1.60 bits per heavy atom. The van der Waals surface area contributed by atoms with E-state index >= 15 is 0 Å². The van der Waals surface area contributed by atoms with E-state index in [1.54, 1.807) is 0 Å². The maximum absolute atomic E-state index is 4.56. The van der Waals surface area contributed by atoms with E-state index in [2.05, 4.69) is 22.1 Å². The number of hydrogen-bond acceptors (Lipinski definition) is 2. The molecule has 1 aromatic heterocycles. The number of H-pyrrole nitrogens is 1. The molecule has 108 valence electrons. The second-order valence-corrected chi connectivity index (χ2v) is 5.34. The number of aromatic amines is 1. The summed E-state index contributed by atoms with van der Waals surface area (Å²) in [4.78, 5) is 4.56. The molecule has 0 spiro atoms. The summed E-state index contributed by atoms with van der Waals surface area (Å²) in [5.41, 5.74) is 1.08. The van der Waals surface area contributed by atoms with Crippen LogP contribution in [-0.4, -0.2) is 15.2 Å². The smallest absolute Gasteiger partial charge is 0.181 e. The fourth-order valence-electron chi connectivity index (χ4n) is 2.37. The van der Waals surface area contributed by atoms with Gasteiger partial charge in [-0.3, -0.25) is 5.10 Å². The molecule has 1 N–H and O–H groups in total. The lowest BCUT2D eigenvalue weighted by molar-refractivity contribution is 0.585. The lowest BCUT2D eigenvalue weighted by Crippen LogP contribution is -1.89. The van der Waals surface area contributed by atoms with Crippen molar-refractivity contribution in [2.24, 2.45) is 0 Å². The maximum atomic E-state index is 4.56. The molecule has 0 saturated heterocycles. The summed E-state index contributed by atoms with van der Waals surface area (Å²) in [7, 11) is 0. The summed E-state index contributed by atoms with van der Waals surface area (Å²) in [6.07, 6.45) is 10.3. The highest BCUT2D eigenvalue weighted by Gasteiger charge is 2.04. The molecule has 0 amide bonds. The zero-order valence-electron chi connectivity index (χ0n) is 12.4. The van der Waals surface area contributed by atoms with Crippen LogP contribution in [0.15, 0.2) is 30.3 Å². The van der Waals surface area contributed by atoms with Gasteiger partial charge in [-0.25, -0.2) is 4.98 Å². The SMILES string of the molecule is CCCCCCCCCc1nc(-c2ccccc2)n[nH]1. The van der Waals surface area contributed by atoms with E-state index < -0.39 is 0 Å². The van der Waals surface area contributed by atoms with Crippen LogP contribution in [0, 0.1) is 0 Å². The number of benzene rings is 1. The van der Waals surface area contributed by atoms with E-state index in [1.165, 1.54) is 44.9 Å². The van der Waals surface area contributed by atoms with Crippen LogP contribution >= 0.6 is 0 Å². The Labute approximate surface area is 121 Å². The number of hydrogen-bond donors (Lipinski definition) is 1. The molecule has 3 nitrogen and oxygen atoms in total. The number of nitrogens with zero attached hydrogens (tertiary/aromatic N) is 2. The summed E-state index contributed by atoms with van der Waals surface area (Å²) in [6, 6.07) is 10.1. The van der Waals surface area contributed by atoms with Gasteiger partial charge in [-0.05, 0) is 6.42 Å². The maximum Gasteiger partial charge on any atom is 0.181 e. The molecular weight excluding hydrogens is 246 g/mol. The minimum Gasteiger partial charge on any atom is -0.263 e. The van der Waals surface area contributed by atoms with Gasteiger partial charge in [0, 0.05) is 12.0 Å². The van der Waals surface area contributed by atoms with Gasteiger partial charge in [-0.1, -0.05) is 75.8 Å². The lowest BCUT2D eigenvalue weighted by Gasteiger charge is -1.99. The molecule has 3 heteroatoms. The zero-order valence-corrected chi connectivity index (χ0v) is 12.4. The summed E-state index contributed by atoms with van der Waals surface area (Å²) < 4.78 is 0. The van der Waals surface area contributed by atoms with Gasteiger partial charge in [0.15, 0.2) is 5.82 Å². The third-order valence-corrected chi connectivity index (χ3v) is 3.58. The molecule has 0 aliphatic carbocycles. The van der Waals surface area contributed by atoms with E-state index in [1.807, 2.05) is 30.3 Å². The van der Waals surface area contributed by atoms with Crippen molar-refractivity contribution in [3.05, 3.63) is 36.2 Å². The third-order valence-electron chi connectivity index (χ3n) is 3.58. The van der Waals surface area contributed by atoms with Gasteiger partial charge in [0.2, 0.25) is 0 Å². The number of rotatable bonds is 9. The Balaban J connectivity index is 1.69.